The summed E-state index contributed by atoms with van der Waals surface area (Å²) in [4.78, 5) is 11.2. The molecule has 0 aromatic carbocycles. The highest BCUT2D eigenvalue weighted by Crippen LogP contribution is 2.47. The lowest BCUT2D eigenvalue weighted by Crippen LogP contribution is -2.18. The number of rotatable bonds is 11. The summed E-state index contributed by atoms with van der Waals surface area (Å²) < 4.78 is 4.66. The van der Waals surface area contributed by atoms with Gasteiger partial charge in [0.2, 0.25) is 0 Å². The van der Waals surface area contributed by atoms with Crippen LogP contribution in [0.4, 0.5) is 0 Å². The normalized spacial score (nSPS) is 27.9. The summed E-state index contributed by atoms with van der Waals surface area (Å²) in [6.07, 6.45) is 17.6. The quantitative estimate of drug-likeness (QED) is 0.362. The fourth-order valence-corrected chi connectivity index (χ4v) is 4.73. The number of allylic oxidation sites excluding steroid dienone is 6. The lowest BCUT2D eigenvalue weighted by Gasteiger charge is -2.19. The van der Waals surface area contributed by atoms with Gasteiger partial charge in [-0.3, -0.25) is 4.79 Å². The van der Waals surface area contributed by atoms with Gasteiger partial charge < -0.3 is 14.9 Å². The van der Waals surface area contributed by atoms with Crippen LogP contribution in [0, 0.1) is 23.7 Å². The van der Waals surface area contributed by atoms with Gasteiger partial charge in [-0.05, 0) is 70.1 Å². The van der Waals surface area contributed by atoms with E-state index >= 15 is 0 Å². The summed E-state index contributed by atoms with van der Waals surface area (Å²) in [5, 5.41) is 20.9. The third kappa shape index (κ3) is 7.88. The maximum Gasteiger partial charge on any atom is 0.305 e. The summed E-state index contributed by atoms with van der Waals surface area (Å²) in [5.74, 6) is 1.18. The van der Waals surface area contributed by atoms with E-state index in [0.29, 0.717) is 30.6 Å². The Kier molecular flexibility index (Phi) is 10.1. The zero-order chi connectivity index (χ0) is 22.1. The van der Waals surface area contributed by atoms with Gasteiger partial charge in [0.15, 0.2) is 0 Å². The van der Waals surface area contributed by atoms with Gasteiger partial charge in [0.25, 0.3) is 0 Å². The molecular formula is C26H40O4. The Balaban J connectivity index is 1.81. The number of aliphatic hydroxyl groups excluding tert-OH is 2. The van der Waals surface area contributed by atoms with Crippen molar-refractivity contribution >= 4 is 5.97 Å². The molecule has 1 fully saturated rings. The number of hydrogen-bond acceptors (Lipinski definition) is 4. The fraction of sp³-hybridized carbons (Fsp3) is 0.654. The Hall–Kier alpha value is -1.65. The van der Waals surface area contributed by atoms with Crippen LogP contribution in [0.2, 0.25) is 0 Å². The van der Waals surface area contributed by atoms with Gasteiger partial charge in [0.05, 0.1) is 19.3 Å². The number of fused-ring (bicyclic) bond motifs is 1. The number of carbonyl (C=O) groups excluding carboxylic acids is 1. The SMILES string of the molecule is COC(=O)CCC=CC1=C[C@H]2C[C@@H](O)[C@@H](C=C[C@@H](O)C[C@H](C)CCC=C(C)C)[C@H]2C1. The maximum atomic E-state index is 11.2. The summed E-state index contributed by atoms with van der Waals surface area (Å²) in [6, 6.07) is 0. The molecule has 0 spiro atoms. The number of aliphatic hydroxyl groups is 2. The summed E-state index contributed by atoms with van der Waals surface area (Å²) in [7, 11) is 1.41. The molecule has 2 N–H and O–H groups in total. The molecule has 2 aliphatic rings. The van der Waals surface area contributed by atoms with Crippen molar-refractivity contribution in [3.05, 3.63) is 47.6 Å². The van der Waals surface area contributed by atoms with Gasteiger partial charge >= 0.3 is 5.97 Å². The molecular weight excluding hydrogens is 376 g/mol. The third-order valence-corrected chi connectivity index (χ3v) is 6.39. The zero-order valence-corrected chi connectivity index (χ0v) is 19.1. The van der Waals surface area contributed by atoms with Crippen LogP contribution < -0.4 is 0 Å². The second-order valence-corrected chi connectivity index (χ2v) is 9.32. The Morgan fingerprint density at radius 3 is 2.80 bits per heavy atom. The predicted molar refractivity (Wildman–Crippen MR) is 122 cm³/mol. The lowest BCUT2D eigenvalue weighted by atomic mass is 9.88. The number of methoxy groups -OCH3 is 1. The predicted octanol–water partition coefficient (Wildman–Crippen LogP) is 5.13. The number of hydrogen-bond donors (Lipinski definition) is 2. The first-order valence-electron chi connectivity index (χ1n) is 11.4. The Bertz CT molecular complexity index is 669. The van der Waals surface area contributed by atoms with Crippen molar-refractivity contribution in [1.29, 1.82) is 0 Å². The van der Waals surface area contributed by atoms with Crippen LogP contribution in [0.5, 0.6) is 0 Å². The van der Waals surface area contributed by atoms with Crippen LogP contribution in [0.1, 0.15) is 65.7 Å². The van der Waals surface area contributed by atoms with E-state index in [1.54, 1.807) is 0 Å². The molecule has 0 aliphatic heterocycles. The highest BCUT2D eigenvalue weighted by Gasteiger charge is 2.42. The molecule has 6 atom stereocenters. The van der Waals surface area contributed by atoms with Crippen molar-refractivity contribution in [2.75, 3.05) is 7.11 Å². The van der Waals surface area contributed by atoms with E-state index in [0.717, 1.165) is 32.1 Å². The summed E-state index contributed by atoms with van der Waals surface area (Å²) >= 11 is 0. The molecule has 0 radical (unpaired) electrons. The van der Waals surface area contributed by atoms with E-state index in [2.05, 4.69) is 49.8 Å². The van der Waals surface area contributed by atoms with Crippen LogP contribution in [-0.4, -0.2) is 35.5 Å². The van der Waals surface area contributed by atoms with Crippen molar-refractivity contribution in [3.8, 4) is 0 Å². The van der Waals surface area contributed by atoms with Crippen LogP contribution in [0.25, 0.3) is 0 Å². The molecule has 0 saturated heterocycles. The largest absolute Gasteiger partial charge is 0.469 e. The third-order valence-electron chi connectivity index (χ3n) is 6.39. The van der Waals surface area contributed by atoms with Crippen molar-refractivity contribution in [1.82, 2.24) is 0 Å². The van der Waals surface area contributed by atoms with E-state index in [-0.39, 0.29) is 18.0 Å². The zero-order valence-electron chi connectivity index (χ0n) is 19.1. The van der Waals surface area contributed by atoms with Gasteiger partial charge in [0, 0.05) is 12.3 Å². The molecule has 4 nitrogen and oxygen atoms in total. The van der Waals surface area contributed by atoms with Gasteiger partial charge in [-0.25, -0.2) is 0 Å². The van der Waals surface area contributed by atoms with E-state index < -0.39 is 6.10 Å². The molecule has 4 heteroatoms. The topological polar surface area (TPSA) is 66.8 Å². The summed E-state index contributed by atoms with van der Waals surface area (Å²) in [6.45, 7) is 6.42. The number of esters is 1. The van der Waals surface area contributed by atoms with Gasteiger partial charge in [-0.15, -0.1) is 0 Å². The first-order chi connectivity index (χ1) is 14.3. The molecule has 1 saturated carbocycles. The lowest BCUT2D eigenvalue weighted by molar-refractivity contribution is -0.140. The Labute approximate surface area is 182 Å². The number of carbonyl (C=O) groups is 1. The minimum Gasteiger partial charge on any atom is -0.469 e. The smallest absolute Gasteiger partial charge is 0.305 e. The van der Waals surface area contributed by atoms with Gasteiger partial charge in [-0.2, -0.15) is 0 Å². The summed E-state index contributed by atoms with van der Waals surface area (Å²) in [5.41, 5.74) is 2.63. The standard InChI is InChI=1S/C26H40O4/c1-18(2)8-7-9-19(3)14-22(27)12-13-23-24-16-20(15-21(24)17-25(23)28)10-5-6-11-26(29)30-4/h5,8,10,12-13,15,19,21-25,27-28H,6-7,9,11,14,16-17H2,1-4H3/t19-,21+,22-,23+,24+,25-/m1/s1. The van der Waals surface area contributed by atoms with Crippen molar-refractivity contribution in [2.24, 2.45) is 23.7 Å². The first-order valence-corrected chi connectivity index (χ1v) is 11.4. The average Bonchev–Trinajstić information content (AvgIpc) is 3.19. The molecule has 0 unspecified atom stereocenters. The minimum absolute atomic E-state index is 0.0999. The fourth-order valence-electron chi connectivity index (χ4n) is 4.73. The second kappa shape index (κ2) is 12.3. The molecule has 2 rings (SSSR count). The molecule has 0 heterocycles. The van der Waals surface area contributed by atoms with E-state index in [1.165, 1.54) is 18.3 Å². The molecule has 0 amide bonds. The highest BCUT2D eigenvalue weighted by atomic mass is 16.5. The van der Waals surface area contributed by atoms with Crippen LogP contribution in [0.15, 0.2) is 47.6 Å². The van der Waals surface area contributed by atoms with Gasteiger partial charge in [-0.1, -0.05) is 54.5 Å². The minimum atomic E-state index is -0.454. The molecule has 0 aromatic heterocycles. The van der Waals surface area contributed by atoms with E-state index in [1.807, 2.05) is 12.2 Å². The first kappa shape index (κ1) is 24.6. The molecule has 2 aliphatic carbocycles. The Morgan fingerprint density at radius 1 is 1.33 bits per heavy atom. The Morgan fingerprint density at radius 2 is 2.10 bits per heavy atom. The van der Waals surface area contributed by atoms with Crippen molar-refractivity contribution in [2.45, 2.75) is 77.9 Å². The van der Waals surface area contributed by atoms with Crippen LogP contribution in [0.3, 0.4) is 0 Å². The van der Waals surface area contributed by atoms with Gasteiger partial charge in [0.1, 0.15) is 0 Å². The molecule has 168 valence electrons. The average molecular weight is 417 g/mol. The highest BCUT2D eigenvalue weighted by molar-refractivity contribution is 5.69. The molecule has 0 aromatic rings. The molecule has 30 heavy (non-hydrogen) atoms. The van der Waals surface area contributed by atoms with E-state index in [4.69, 9.17) is 0 Å². The van der Waals surface area contributed by atoms with Crippen LogP contribution >= 0.6 is 0 Å². The maximum absolute atomic E-state index is 11.2. The monoisotopic (exact) mass is 416 g/mol. The van der Waals surface area contributed by atoms with E-state index in [9.17, 15) is 15.0 Å². The second-order valence-electron chi connectivity index (χ2n) is 9.32. The number of ether oxygens (including phenoxy) is 1. The molecule has 0 bridgehead atoms. The van der Waals surface area contributed by atoms with Crippen LogP contribution in [-0.2, 0) is 9.53 Å². The van der Waals surface area contributed by atoms with Crippen molar-refractivity contribution in [3.63, 3.8) is 0 Å². The van der Waals surface area contributed by atoms with Crippen molar-refractivity contribution < 1.29 is 19.7 Å².